The third-order valence-corrected chi connectivity index (χ3v) is 2.16. The zero-order valence-electron chi connectivity index (χ0n) is 8.19. The second-order valence-corrected chi connectivity index (χ2v) is 3.53. The topological polar surface area (TPSA) is 0 Å². The Hall–Kier alpha value is 0.0300. The van der Waals surface area contributed by atoms with Gasteiger partial charge in [-0.3, -0.25) is 0 Å². The van der Waals surface area contributed by atoms with Crippen molar-refractivity contribution < 1.29 is 0 Å². The van der Waals surface area contributed by atoms with E-state index in [1.54, 1.807) is 0 Å². The third-order valence-electron chi connectivity index (χ3n) is 1.90. The van der Waals surface area contributed by atoms with Crippen LogP contribution in [-0.2, 0) is 0 Å². The highest BCUT2D eigenvalue weighted by Crippen LogP contribution is 2.03. The number of hydrogen-bond acceptors (Lipinski definition) is 0. The lowest BCUT2D eigenvalue weighted by Gasteiger charge is -1.93. The van der Waals surface area contributed by atoms with E-state index in [4.69, 9.17) is 11.6 Å². The van der Waals surface area contributed by atoms with Crippen LogP contribution < -0.4 is 0 Å². The van der Waals surface area contributed by atoms with Crippen molar-refractivity contribution in [1.29, 1.82) is 0 Å². The fourth-order valence-electron chi connectivity index (χ4n) is 1.12. The molecule has 0 saturated carbocycles. The second-order valence-electron chi connectivity index (χ2n) is 3.15. The zero-order chi connectivity index (χ0) is 9.07. The van der Waals surface area contributed by atoms with Crippen LogP contribution in [0.15, 0.2) is 12.2 Å². The molecule has 0 nitrogen and oxygen atoms in total. The van der Waals surface area contributed by atoms with Crippen molar-refractivity contribution in [3.05, 3.63) is 12.2 Å². The van der Waals surface area contributed by atoms with Crippen molar-refractivity contribution in [2.24, 2.45) is 0 Å². The molecule has 0 heterocycles. The van der Waals surface area contributed by atoms with Crippen LogP contribution >= 0.6 is 11.6 Å². The summed E-state index contributed by atoms with van der Waals surface area (Å²) >= 11 is 5.55. The molecule has 0 aliphatic rings. The predicted octanol–water partition coefficient (Wildman–Crippen LogP) is 4.53. The van der Waals surface area contributed by atoms with Gasteiger partial charge in [-0.2, -0.15) is 0 Å². The first-order valence-electron chi connectivity index (χ1n) is 5.12. The average Bonchev–Trinajstić information content (AvgIpc) is 2.10. The maximum Gasteiger partial charge on any atom is 0.0226 e. The minimum absolute atomic E-state index is 0.792. The van der Waals surface area contributed by atoms with Gasteiger partial charge in [-0.25, -0.2) is 0 Å². The smallest absolute Gasteiger partial charge is 0.0226 e. The number of allylic oxidation sites excluding steroid dienone is 2. The lowest BCUT2D eigenvalue weighted by molar-refractivity contribution is 0.673. The molecule has 0 rings (SSSR count). The van der Waals surface area contributed by atoms with Gasteiger partial charge in [0.1, 0.15) is 0 Å². The number of unbranched alkanes of at least 4 members (excludes halogenated alkanes) is 5. The number of halogens is 1. The van der Waals surface area contributed by atoms with Gasteiger partial charge in [0.25, 0.3) is 0 Å². The molecule has 0 fully saturated rings. The van der Waals surface area contributed by atoms with Crippen LogP contribution in [0.5, 0.6) is 0 Å². The number of hydrogen-bond donors (Lipinski definition) is 0. The highest BCUT2D eigenvalue weighted by molar-refractivity contribution is 6.17. The molecule has 0 spiro atoms. The number of rotatable bonds is 8. The molecule has 1 heteroatoms. The summed E-state index contributed by atoms with van der Waals surface area (Å²) in [4.78, 5) is 0. The molecule has 0 N–H and O–H groups in total. The molecule has 0 saturated heterocycles. The molecule has 0 aromatic carbocycles. The summed E-state index contributed by atoms with van der Waals surface area (Å²) in [7, 11) is 0. The Morgan fingerprint density at radius 1 is 0.917 bits per heavy atom. The van der Waals surface area contributed by atoms with E-state index in [-0.39, 0.29) is 0 Å². The van der Waals surface area contributed by atoms with Gasteiger partial charge in [0.15, 0.2) is 0 Å². The van der Waals surface area contributed by atoms with E-state index in [0.29, 0.717) is 0 Å². The minimum atomic E-state index is 0.792. The first-order valence-corrected chi connectivity index (χ1v) is 5.66. The van der Waals surface area contributed by atoms with Crippen molar-refractivity contribution in [2.45, 2.75) is 51.9 Å². The Morgan fingerprint density at radius 2 is 1.58 bits per heavy atom. The molecule has 0 amide bonds. The van der Waals surface area contributed by atoms with E-state index in [1.165, 1.54) is 32.1 Å². The molecular formula is C11H21Cl. The molecule has 0 aliphatic carbocycles. The lowest BCUT2D eigenvalue weighted by atomic mass is 10.1. The quantitative estimate of drug-likeness (QED) is 0.298. The lowest BCUT2D eigenvalue weighted by Crippen LogP contribution is -1.74. The van der Waals surface area contributed by atoms with Crippen molar-refractivity contribution in [1.82, 2.24) is 0 Å². The van der Waals surface area contributed by atoms with Crippen LogP contribution in [0, 0.1) is 0 Å². The Labute approximate surface area is 82.0 Å². The SMILES string of the molecule is CCCCCC/C=C/CCCCl. The van der Waals surface area contributed by atoms with Crippen molar-refractivity contribution in [2.75, 3.05) is 5.88 Å². The zero-order valence-corrected chi connectivity index (χ0v) is 8.95. The van der Waals surface area contributed by atoms with Crippen LogP contribution in [0.25, 0.3) is 0 Å². The van der Waals surface area contributed by atoms with Crippen molar-refractivity contribution >= 4 is 11.6 Å². The molecule has 72 valence electrons. The molecule has 12 heavy (non-hydrogen) atoms. The molecule has 0 radical (unpaired) electrons. The average molecular weight is 189 g/mol. The van der Waals surface area contributed by atoms with E-state index in [2.05, 4.69) is 19.1 Å². The van der Waals surface area contributed by atoms with Gasteiger partial charge in [-0.1, -0.05) is 38.3 Å². The van der Waals surface area contributed by atoms with Gasteiger partial charge in [-0.05, 0) is 25.7 Å². The van der Waals surface area contributed by atoms with Crippen LogP contribution in [0.2, 0.25) is 0 Å². The molecule has 0 aromatic heterocycles. The Kier molecular flexibility index (Phi) is 11.1. The van der Waals surface area contributed by atoms with Crippen LogP contribution in [0.4, 0.5) is 0 Å². The fourth-order valence-corrected chi connectivity index (χ4v) is 1.27. The molecule has 0 aliphatic heterocycles. The Bertz CT molecular complexity index is 97.2. The maximum absolute atomic E-state index is 5.55. The van der Waals surface area contributed by atoms with E-state index in [1.807, 2.05) is 0 Å². The summed E-state index contributed by atoms with van der Waals surface area (Å²) in [6, 6.07) is 0. The van der Waals surface area contributed by atoms with Gasteiger partial charge in [-0.15, -0.1) is 11.6 Å². The van der Waals surface area contributed by atoms with E-state index >= 15 is 0 Å². The first-order chi connectivity index (χ1) is 5.91. The summed E-state index contributed by atoms with van der Waals surface area (Å²) in [5.74, 6) is 0.792. The fraction of sp³-hybridized carbons (Fsp3) is 0.818. The predicted molar refractivity (Wildman–Crippen MR) is 57.9 cm³/mol. The van der Waals surface area contributed by atoms with E-state index < -0.39 is 0 Å². The molecule has 0 unspecified atom stereocenters. The molecular weight excluding hydrogens is 168 g/mol. The largest absolute Gasteiger partial charge is 0.127 e. The normalized spacial score (nSPS) is 11.2. The molecule has 0 bridgehead atoms. The Balaban J connectivity index is 2.92. The van der Waals surface area contributed by atoms with Gasteiger partial charge in [0.05, 0.1) is 0 Å². The highest BCUT2D eigenvalue weighted by atomic mass is 35.5. The standard InChI is InChI=1S/C11H21Cl/c1-2-3-4-5-6-7-8-9-10-11-12/h7-8H,2-6,9-11H2,1H3/b8-7+. The minimum Gasteiger partial charge on any atom is -0.127 e. The van der Waals surface area contributed by atoms with E-state index in [0.717, 1.165) is 18.7 Å². The van der Waals surface area contributed by atoms with Gasteiger partial charge in [0, 0.05) is 5.88 Å². The van der Waals surface area contributed by atoms with Crippen molar-refractivity contribution in [3.63, 3.8) is 0 Å². The summed E-state index contributed by atoms with van der Waals surface area (Å²) in [5, 5.41) is 0. The summed E-state index contributed by atoms with van der Waals surface area (Å²) in [6.45, 7) is 2.25. The Morgan fingerprint density at radius 3 is 2.17 bits per heavy atom. The second kappa shape index (κ2) is 11.0. The highest BCUT2D eigenvalue weighted by Gasteiger charge is 1.84. The monoisotopic (exact) mass is 188 g/mol. The number of alkyl halides is 1. The summed E-state index contributed by atoms with van der Waals surface area (Å²) < 4.78 is 0. The summed E-state index contributed by atoms with van der Waals surface area (Å²) in [5.41, 5.74) is 0. The van der Waals surface area contributed by atoms with Gasteiger partial charge >= 0.3 is 0 Å². The molecule has 0 atom stereocenters. The van der Waals surface area contributed by atoms with E-state index in [9.17, 15) is 0 Å². The van der Waals surface area contributed by atoms with Gasteiger partial charge in [0.2, 0.25) is 0 Å². The third kappa shape index (κ3) is 10.0. The van der Waals surface area contributed by atoms with Crippen LogP contribution in [0.3, 0.4) is 0 Å². The van der Waals surface area contributed by atoms with Crippen LogP contribution in [0.1, 0.15) is 51.9 Å². The molecule has 0 aromatic rings. The maximum atomic E-state index is 5.55. The van der Waals surface area contributed by atoms with Crippen LogP contribution in [-0.4, -0.2) is 5.88 Å². The van der Waals surface area contributed by atoms with Crippen molar-refractivity contribution in [3.8, 4) is 0 Å². The summed E-state index contributed by atoms with van der Waals surface area (Å²) in [6.07, 6.45) is 13.5. The first kappa shape index (κ1) is 12.0. The van der Waals surface area contributed by atoms with Gasteiger partial charge < -0.3 is 0 Å².